The molecule has 4 rings (SSSR count). The number of nitrogens with zero attached hydrogens (tertiary/aromatic N) is 2. The maximum Gasteiger partial charge on any atom is 0.226 e. The van der Waals surface area contributed by atoms with Crippen molar-refractivity contribution < 1.29 is 13.9 Å². The van der Waals surface area contributed by atoms with Crippen molar-refractivity contribution in [3.63, 3.8) is 0 Å². The van der Waals surface area contributed by atoms with E-state index in [1.165, 1.54) is 12.1 Å². The fraction of sp³-hybridized carbons (Fsp3) is 0.238. The largest absolute Gasteiger partial charge is 0.439 e. The molecule has 0 saturated carbocycles. The minimum Gasteiger partial charge on any atom is -0.439 e. The van der Waals surface area contributed by atoms with Gasteiger partial charge >= 0.3 is 0 Å². The van der Waals surface area contributed by atoms with Gasteiger partial charge in [0.15, 0.2) is 0 Å². The summed E-state index contributed by atoms with van der Waals surface area (Å²) >= 11 is 0. The highest BCUT2D eigenvalue weighted by atomic mass is 19.1. The molecule has 2 aromatic carbocycles. The predicted octanol–water partition coefficient (Wildman–Crippen LogP) is 4.74. The zero-order chi connectivity index (χ0) is 18.5. The van der Waals surface area contributed by atoms with Gasteiger partial charge in [-0.05, 0) is 42.7 Å². The first-order chi connectivity index (χ1) is 13.3. The van der Waals surface area contributed by atoms with Gasteiger partial charge in [0, 0.05) is 24.9 Å². The lowest BCUT2D eigenvalue weighted by Crippen LogP contribution is -2.30. The molecule has 1 aliphatic rings. The Labute approximate surface area is 157 Å². The molecule has 1 saturated heterocycles. The van der Waals surface area contributed by atoms with E-state index < -0.39 is 0 Å². The molecule has 2 heterocycles. The monoisotopic (exact) mass is 365 g/mol. The smallest absolute Gasteiger partial charge is 0.226 e. The van der Waals surface area contributed by atoms with Gasteiger partial charge in [-0.3, -0.25) is 0 Å². The van der Waals surface area contributed by atoms with Gasteiger partial charge < -0.3 is 14.8 Å². The van der Waals surface area contributed by atoms with E-state index in [-0.39, 0.29) is 18.0 Å². The van der Waals surface area contributed by atoms with Crippen molar-refractivity contribution in [3.8, 4) is 11.6 Å². The standard InChI is InChI=1S/C21H20FN3O2/c22-16-6-4-5-15(13-16)19-14-17(10-12-26-19)24-21-23-11-9-20(25-21)27-18-7-2-1-3-8-18/h1-9,11,13,17,19H,10,12,14H2,(H,23,24,25). The van der Waals surface area contributed by atoms with Gasteiger partial charge in [0.1, 0.15) is 11.6 Å². The summed E-state index contributed by atoms with van der Waals surface area (Å²) in [5.74, 6) is 1.46. The summed E-state index contributed by atoms with van der Waals surface area (Å²) in [6, 6.07) is 17.9. The first-order valence-electron chi connectivity index (χ1n) is 8.96. The summed E-state index contributed by atoms with van der Waals surface area (Å²) < 4.78 is 25.1. The average molecular weight is 365 g/mol. The van der Waals surface area contributed by atoms with Crippen LogP contribution in [0.15, 0.2) is 66.9 Å². The number of aromatic nitrogens is 2. The van der Waals surface area contributed by atoms with E-state index in [2.05, 4.69) is 15.3 Å². The van der Waals surface area contributed by atoms with E-state index >= 15 is 0 Å². The zero-order valence-electron chi connectivity index (χ0n) is 14.7. The van der Waals surface area contributed by atoms with Crippen LogP contribution in [0.4, 0.5) is 10.3 Å². The predicted molar refractivity (Wildman–Crippen MR) is 100 cm³/mol. The maximum atomic E-state index is 13.5. The second-order valence-electron chi connectivity index (χ2n) is 6.41. The molecule has 6 heteroatoms. The third kappa shape index (κ3) is 4.60. The van der Waals surface area contributed by atoms with Crippen LogP contribution < -0.4 is 10.1 Å². The van der Waals surface area contributed by atoms with Crippen molar-refractivity contribution in [1.82, 2.24) is 9.97 Å². The van der Waals surface area contributed by atoms with Crippen molar-refractivity contribution in [1.29, 1.82) is 0 Å². The maximum absolute atomic E-state index is 13.5. The van der Waals surface area contributed by atoms with Crippen molar-refractivity contribution in [2.75, 3.05) is 11.9 Å². The number of rotatable bonds is 5. The van der Waals surface area contributed by atoms with E-state index in [1.54, 1.807) is 18.3 Å². The zero-order valence-corrected chi connectivity index (χ0v) is 14.7. The first-order valence-corrected chi connectivity index (χ1v) is 8.96. The minimum absolute atomic E-state index is 0.138. The average Bonchev–Trinajstić information content (AvgIpc) is 2.69. The molecule has 138 valence electrons. The molecule has 3 aromatic rings. The number of benzene rings is 2. The van der Waals surface area contributed by atoms with Crippen LogP contribution in [0.1, 0.15) is 24.5 Å². The van der Waals surface area contributed by atoms with Crippen LogP contribution in [-0.2, 0) is 4.74 Å². The number of halogens is 1. The van der Waals surface area contributed by atoms with Crippen LogP contribution in [0.5, 0.6) is 11.6 Å². The number of anilines is 1. The lowest BCUT2D eigenvalue weighted by molar-refractivity contribution is 0.00952. The molecule has 2 unspecified atom stereocenters. The molecule has 27 heavy (non-hydrogen) atoms. The van der Waals surface area contributed by atoms with E-state index in [4.69, 9.17) is 9.47 Å². The summed E-state index contributed by atoms with van der Waals surface area (Å²) in [7, 11) is 0. The number of hydrogen-bond donors (Lipinski definition) is 1. The Morgan fingerprint density at radius 3 is 2.81 bits per heavy atom. The summed E-state index contributed by atoms with van der Waals surface area (Å²) in [6.45, 7) is 0.596. The Morgan fingerprint density at radius 1 is 1.07 bits per heavy atom. The van der Waals surface area contributed by atoms with Gasteiger partial charge in [0.2, 0.25) is 11.8 Å². The van der Waals surface area contributed by atoms with Crippen LogP contribution in [0.3, 0.4) is 0 Å². The van der Waals surface area contributed by atoms with E-state index in [0.717, 1.165) is 24.2 Å². The van der Waals surface area contributed by atoms with Crippen LogP contribution in [0, 0.1) is 5.82 Å². The first kappa shape index (κ1) is 17.4. The molecular formula is C21H20FN3O2. The van der Waals surface area contributed by atoms with Crippen molar-refractivity contribution in [2.45, 2.75) is 25.0 Å². The number of nitrogens with one attached hydrogen (secondary N) is 1. The highest BCUT2D eigenvalue weighted by Gasteiger charge is 2.24. The molecule has 0 bridgehead atoms. The Morgan fingerprint density at radius 2 is 1.96 bits per heavy atom. The lowest BCUT2D eigenvalue weighted by atomic mass is 9.97. The normalized spacial score (nSPS) is 19.4. The van der Waals surface area contributed by atoms with Crippen LogP contribution in [0.2, 0.25) is 0 Å². The van der Waals surface area contributed by atoms with Gasteiger partial charge in [-0.1, -0.05) is 30.3 Å². The Bertz CT molecular complexity index is 891. The molecule has 0 radical (unpaired) electrons. The quantitative estimate of drug-likeness (QED) is 0.708. The number of ether oxygens (including phenoxy) is 2. The van der Waals surface area contributed by atoms with Crippen LogP contribution in [0.25, 0.3) is 0 Å². The number of hydrogen-bond acceptors (Lipinski definition) is 5. The van der Waals surface area contributed by atoms with Crippen LogP contribution >= 0.6 is 0 Å². The van der Waals surface area contributed by atoms with Gasteiger partial charge in [-0.25, -0.2) is 9.37 Å². The molecule has 0 aliphatic carbocycles. The molecule has 1 N–H and O–H groups in total. The molecule has 1 fully saturated rings. The van der Waals surface area contributed by atoms with Crippen molar-refractivity contribution >= 4 is 5.95 Å². The third-order valence-electron chi connectivity index (χ3n) is 4.43. The van der Waals surface area contributed by atoms with E-state index in [9.17, 15) is 4.39 Å². The summed E-state index contributed by atoms with van der Waals surface area (Å²) in [5.41, 5.74) is 0.851. The molecular weight excluding hydrogens is 345 g/mol. The van der Waals surface area contributed by atoms with Gasteiger partial charge in [-0.15, -0.1) is 0 Å². The highest BCUT2D eigenvalue weighted by Crippen LogP contribution is 2.30. The second-order valence-corrected chi connectivity index (χ2v) is 6.41. The summed E-state index contributed by atoms with van der Waals surface area (Å²) in [6.07, 6.45) is 3.07. The van der Waals surface area contributed by atoms with Gasteiger partial charge in [0.05, 0.1) is 6.10 Å². The molecule has 2 atom stereocenters. The van der Waals surface area contributed by atoms with Crippen LogP contribution in [-0.4, -0.2) is 22.6 Å². The summed E-state index contributed by atoms with van der Waals surface area (Å²) in [4.78, 5) is 8.71. The fourth-order valence-electron chi connectivity index (χ4n) is 3.13. The Kier molecular flexibility index (Phi) is 5.25. The van der Waals surface area contributed by atoms with E-state index in [1.807, 2.05) is 36.4 Å². The molecule has 0 amide bonds. The van der Waals surface area contributed by atoms with E-state index in [0.29, 0.717) is 18.4 Å². The lowest BCUT2D eigenvalue weighted by Gasteiger charge is -2.30. The van der Waals surface area contributed by atoms with Crippen molar-refractivity contribution in [2.24, 2.45) is 0 Å². The molecule has 1 aliphatic heterocycles. The topological polar surface area (TPSA) is 56.3 Å². The minimum atomic E-state index is -0.250. The number of para-hydroxylation sites is 1. The molecule has 0 spiro atoms. The SMILES string of the molecule is Fc1cccc(C2CC(Nc3nccc(Oc4ccccc4)n3)CCO2)c1. The summed E-state index contributed by atoms with van der Waals surface area (Å²) in [5, 5.41) is 3.35. The molecule has 5 nitrogen and oxygen atoms in total. The molecule has 1 aromatic heterocycles. The van der Waals surface area contributed by atoms with Gasteiger partial charge in [-0.2, -0.15) is 4.98 Å². The Balaban J connectivity index is 1.42. The van der Waals surface area contributed by atoms with Gasteiger partial charge in [0.25, 0.3) is 0 Å². The highest BCUT2D eigenvalue weighted by molar-refractivity contribution is 5.32. The fourth-order valence-corrected chi connectivity index (χ4v) is 3.13. The second kappa shape index (κ2) is 8.14. The Hall–Kier alpha value is -2.99. The third-order valence-corrected chi connectivity index (χ3v) is 4.43. The van der Waals surface area contributed by atoms with Crippen molar-refractivity contribution in [3.05, 3.63) is 78.2 Å².